The third-order valence-electron chi connectivity index (χ3n) is 5.92. The molecule has 0 saturated carbocycles. The maximum atomic E-state index is 13.8. The van der Waals surface area contributed by atoms with Crippen LogP contribution < -0.4 is 14.8 Å². The lowest BCUT2D eigenvalue weighted by molar-refractivity contribution is -0.119. The average molecular weight is 477 g/mol. The number of carbonyl (C=O) groups excluding carboxylic acids is 2. The van der Waals surface area contributed by atoms with Gasteiger partial charge in [0, 0.05) is 17.0 Å². The molecule has 6 nitrogen and oxygen atoms in total. The van der Waals surface area contributed by atoms with Crippen molar-refractivity contribution in [3.05, 3.63) is 89.0 Å². The van der Waals surface area contributed by atoms with Gasteiger partial charge in [0.1, 0.15) is 11.4 Å². The summed E-state index contributed by atoms with van der Waals surface area (Å²) in [5.41, 5.74) is 4.14. The third-order valence-corrected chi connectivity index (χ3v) is 7.25. The van der Waals surface area contributed by atoms with Crippen molar-refractivity contribution in [1.29, 1.82) is 0 Å². The molecule has 3 aromatic carbocycles. The number of hydrogen-bond acceptors (Lipinski definition) is 5. The second kappa shape index (κ2) is 10.2. The first-order valence-electron chi connectivity index (χ1n) is 11.0. The number of ether oxygens (including phenoxy) is 2. The number of thioether (sulfide) groups is 1. The molecule has 1 heterocycles. The van der Waals surface area contributed by atoms with E-state index in [0.29, 0.717) is 28.5 Å². The Morgan fingerprint density at radius 3 is 2.32 bits per heavy atom. The molecule has 7 heteroatoms. The molecule has 34 heavy (non-hydrogen) atoms. The second-order valence-corrected chi connectivity index (χ2v) is 9.31. The lowest BCUT2D eigenvalue weighted by Crippen LogP contribution is -2.45. The van der Waals surface area contributed by atoms with Gasteiger partial charge in [-0.2, -0.15) is 0 Å². The first-order valence-corrected chi connectivity index (χ1v) is 12.1. The van der Waals surface area contributed by atoms with E-state index in [9.17, 15) is 9.59 Å². The van der Waals surface area contributed by atoms with E-state index in [1.54, 1.807) is 36.9 Å². The van der Waals surface area contributed by atoms with Gasteiger partial charge in [-0.1, -0.05) is 42.0 Å². The number of rotatable bonds is 6. The van der Waals surface area contributed by atoms with Crippen molar-refractivity contribution in [1.82, 2.24) is 4.90 Å². The molecule has 0 spiro atoms. The van der Waals surface area contributed by atoms with E-state index >= 15 is 0 Å². The normalized spacial score (nSPS) is 17.4. The van der Waals surface area contributed by atoms with Crippen molar-refractivity contribution in [2.75, 3.05) is 25.3 Å². The SMILES string of the molecule is COc1ccc(C2SCC(C(=O)Nc3ccc(C)cc3)N2C(=O)c2ccccc2C)cc1OC. The van der Waals surface area contributed by atoms with Crippen molar-refractivity contribution in [3.63, 3.8) is 0 Å². The number of hydrogen-bond donors (Lipinski definition) is 1. The van der Waals surface area contributed by atoms with Gasteiger partial charge < -0.3 is 19.7 Å². The van der Waals surface area contributed by atoms with E-state index in [1.165, 1.54) is 0 Å². The summed E-state index contributed by atoms with van der Waals surface area (Å²) < 4.78 is 10.9. The van der Waals surface area contributed by atoms with Crippen LogP contribution in [0.5, 0.6) is 11.5 Å². The fraction of sp³-hybridized carbons (Fsp3) is 0.259. The van der Waals surface area contributed by atoms with Gasteiger partial charge in [-0.05, 0) is 55.3 Å². The molecule has 2 atom stereocenters. The summed E-state index contributed by atoms with van der Waals surface area (Å²) in [6, 6.07) is 20.1. The summed E-state index contributed by atoms with van der Waals surface area (Å²) in [4.78, 5) is 28.9. The number of nitrogens with zero attached hydrogens (tertiary/aromatic N) is 1. The summed E-state index contributed by atoms with van der Waals surface area (Å²) in [6.45, 7) is 3.90. The molecule has 176 valence electrons. The third kappa shape index (κ3) is 4.75. The Morgan fingerprint density at radius 2 is 1.65 bits per heavy atom. The van der Waals surface area contributed by atoms with Crippen LogP contribution in [0.15, 0.2) is 66.7 Å². The summed E-state index contributed by atoms with van der Waals surface area (Å²) in [6.07, 6.45) is 0. The molecule has 0 radical (unpaired) electrons. The quantitative estimate of drug-likeness (QED) is 0.529. The molecular weight excluding hydrogens is 448 g/mol. The Hall–Kier alpha value is -3.45. The summed E-state index contributed by atoms with van der Waals surface area (Å²) >= 11 is 1.56. The minimum atomic E-state index is -0.628. The maximum absolute atomic E-state index is 13.8. The van der Waals surface area contributed by atoms with Gasteiger partial charge in [0.2, 0.25) is 5.91 Å². The largest absolute Gasteiger partial charge is 0.493 e. The van der Waals surface area contributed by atoms with Crippen molar-refractivity contribution < 1.29 is 19.1 Å². The number of anilines is 1. The number of benzene rings is 3. The van der Waals surface area contributed by atoms with Gasteiger partial charge in [0.05, 0.1) is 14.2 Å². The fourth-order valence-electron chi connectivity index (χ4n) is 4.03. The Morgan fingerprint density at radius 1 is 0.941 bits per heavy atom. The van der Waals surface area contributed by atoms with Crippen LogP contribution in [0.2, 0.25) is 0 Å². The molecule has 1 aliphatic heterocycles. The van der Waals surface area contributed by atoms with E-state index < -0.39 is 6.04 Å². The van der Waals surface area contributed by atoms with Crippen molar-refractivity contribution >= 4 is 29.3 Å². The van der Waals surface area contributed by atoms with Crippen LogP contribution >= 0.6 is 11.8 Å². The summed E-state index contributed by atoms with van der Waals surface area (Å²) in [5.74, 6) is 1.29. The molecule has 2 amide bonds. The van der Waals surface area contributed by atoms with E-state index in [2.05, 4.69) is 5.32 Å². The molecule has 1 saturated heterocycles. The van der Waals surface area contributed by atoms with Gasteiger partial charge in [-0.25, -0.2) is 0 Å². The highest BCUT2D eigenvalue weighted by Gasteiger charge is 2.43. The zero-order valence-electron chi connectivity index (χ0n) is 19.7. The van der Waals surface area contributed by atoms with Crippen LogP contribution in [-0.2, 0) is 4.79 Å². The van der Waals surface area contributed by atoms with Gasteiger partial charge >= 0.3 is 0 Å². The number of aryl methyl sites for hydroxylation is 2. The number of methoxy groups -OCH3 is 2. The van der Waals surface area contributed by atoms with E-state index in [4.69, 9.17) is 9.47 Å². The number of carbonyl (C=O) groups is 2. The predicted octanol–water partition coefficient (Wildman–Crippen LogP) is 5.22. The highest BCUT2D eigenvalue weighted by molar-refractivity contribution is 7.99. The minimum absolute atomic E-state index is 0.174. The van der Waals surface area contributed by atoms with Crippen LogP contribution in [0.1, 0.15) is 32.4 Å². The van der Waals surface area contributed by atoms with Crippen molar-refractivity contribution in [2.24, 2.45) is 0 Å². The van der Waals surface area contributed by atoms with Gasteiger partial charge in [-0.15, -0.1) is 11.8 Å². The summed E-state index contributed by atoms with van der Waals surface area (Å²) in [7, 11) is 3.17. The van der Waals surface area contributed by atoms with Crippen LogP contribution in [0.25, 0.3) is 0 Å². The topological polar surface area (TPSA) is 67.9 Å². The second-order valence-electron chi connectivity index (χ2n) is 8.20. The standard InChI is InChI=1S/C27H28N2O4S/c1-17-9-12-20(13-10-17)28-25(30)22-16-34-27(19-11-14-23(32-3)24(15-19)33-4)29(22)26(31)21-8-6-5-7-18(21)2/h5-15,22,27H,16H2,1-4H3,(H,28,30). The summed E-state index contributed by atoms with van der Waals surface area (Å²) in [5, 5.41) is 2.64. The zero-order chi connectivity index (χ0) is 24.2. The Kier molecular flexibility index (Phi) is 7.12. The Bertz CT molecular complexity index is 1200. The molecule has 4 rings (SSSR count). The first kappa shape index (κ1) is 23.7. The highest BCUT2D eigenvalue weighted by atomic mass is 32.2. The van der Waals surface area contributed by atoms with Crippen molar-refractivity contribution in [3.8, 4) is 11.5 Å². The average Bonchev–Trinajstić information content (AvgIpc) is 3.30. The smallest absolute Gasteiger partial charge is 0.256 e. The molecule has 0 aromatic heterocycles. The molecule has 0 aliphatic carbocycles. The van der Waals surface area contributed by atoms with E-state index in [-0.39, 0.29) is 17.2 Å². The molecule has 1 fully saturated rings. The Labute approximate surface area is 204 Å². The molecular formula is C27H28N2O4S. The van der Waals surface area contributed by atoms with Gasteiger partial charge in [0.25, 0.3) is 5.91 Å². The lowest BCUT2D eigenvalue weighted by Gasteiger charge is -2.30. The van der Waals surface area contributed by atoms with Crippen LogP contribution in [0.3, 0.4) is 0 Å². The number of amides is 2. The predicted molar refractivity (Wildman–Crippen MR) is 136 cm³/mol. The van der Waals surface area contributed by atoms with Gasteiger partial charge in [0.15, 0.2) is 11.5 Å². The highest BCUT2D eigenvalue weighted by Crippen LogP contribution is 2.44. The van der Waals surface area contributed by atoms with Crippen LogP contribution in [0.4, 0.5) is 5.69 Å². The molecule has 2 unspecified atom stereocenters. The van der Waals surface area contributed by atoms with E-state index in [1.807, 2.05) is 74.5 Å². The first-order chi connectivity index (χ1) is 16.4. The zero-order valence-corrected chi connectivity index (χ0v) is 20.5. The van der Waals surface area contributed by atoms with Crippen LogP contribution in [-0.4, -0.2) is 42.7 Å². The molecule has 1 N–H and O–H groups in total. The number of nitrogens with one attached hydrogen (secondary N) is 1. The van der Waals surface area contributed by atoms with Crippen molar-refractivity contribution in [2.45, 2.75) is 25.3 Å². The van der Waals surface area contributed by atoms with Gasteiger partial charge in [-0.3, -0.25) is 9.59 Å². The maximum Gasteiger partial charge on any atom is 0.256 e. The minimum Gasteiger partial charge on any atom is -0.493 e. The lowest BCUT2D eigenvalue weighted by atomic mass is 10.1. The molecule has 0 bridgehead atoms. The molecule has 3 aromatic rings. The monoisotopic (exact) mass is 476 g/mol. The Balaban J connectivity index is 1.70. The van der Waals surface area contributed by atoms with E-state index in [0.717, 1.165) is 16.7 Å². The van der Waals surface area contributed by atoms with Crippen LogP contribution in [0, 0.1) is 13.8 Å². The fourth-order valence-corrected chi connectivity index (χ4v) is 5.45. The molecule has 1 aliphatic rings.